The number of benzene rings is 1. The van der Waals surface area contributed by atoms with Crippen LogP contribution >= 0.6 is 0 Å². The van der Waals surface area contributed by atoms with E-state index in [9.17, 15) is 14.4 Å². The largest absolute Gasteiger partial charge is 0.467 e. The quantitative estimate of drug-likeness (QED) is 0.732. The van der Waals surface area contributed by atoms with E-state index in [1.54, 1.807) is 52.0 Å². The topological polar surface area (TPSA) is 107 Å². The second-order valence-corrected chi connectivity index (χ2v) is 7.09. The fourth-order valence-corrected chi connectivity index (χ4v) is 2.25. The SMILES string of the molecule is C[C@H](NC(=O)COC(=O)c1cccc(NC(=O)OC(C)(C)C)c1)c1ccco1. The molecule has 2 rings (SSSR count). The minimum atomic E-state index is -0.686. The highest BCUT2D eigenvalue weighted by Crippen LogP contribution is 2.15. The Morgan fingerprint density at radius 3 is 2.54 bits per heavy atom. The van der Waals surface area contributed by atoms with Crippen LogP contribution < -0.4 is 10.6 Å². The summed E-state index contributed by atoms with van der Waals surface area (Å²) < 4.78 is 15.4. The summed E-state index contributed by atoms with van der Waals surface area (Å²) in [6, 6.07) is 9.27. The van der Waals surface area contributed by atoms with E-state index < -0.39 is 30.2 Å². The van der Waals surface area contributed by atoms with Gasteiger partial charge in [0.2, 0.25) is 0 Å². The van der Waals surface area contributed by atoms with Gasteiger partial charge < -0.3 is 19.2 Å². The number of hydrogen-bond acceptors (Lipinski definition) is 6. The maximum Gasteiger partial charge on any atom is 0.412 e. The maximum absolute atomic E-state index is 12.2. The lowest BCUT2D eigenvalue weighted by atomic mass is 10.2. The number of ether oxygens (including phenoxy) is 2. The zero-order valence-electron chi connectivity index (χ0n) is 16.3. The molecule has 0 saturated heterocycles. The van der Waals surface area contributed by atoms with Crippen molar-refractivity contribution in [2.45, 2.75) is 39.3 Å². The number of amides is 2. The van der Waals surface area contributed by atoms with Gasteiger partial charge in [-0.2, -0.15) is 0 Å². The first-order valence-corrected chi connectivity index (χ1v) is 8.74. The van der Waals surface area contributed by atoms with Crippen molar-refractivity contribution < 1.29 is 28.3 Å². The monoisotopic (exact) mass is 388 g/mol. The summed E-state index contributed by atoms with van der Waals surface area (Å²) in [4.78, 5) is 35.9. The highest BCUT2D eigenvalue weighted by Gasteiger charge is 2.17. The third-order valence-electron chi connectivity index (χ3n) is 3.43. The van der Waals surface area contributed by atoms with Crippen molar-refractivity contribution in [3.8, 4) is 0 Å². The first-order valence-electron chi connectivity index (χ1n) is 8.74. The van der Waals surface area contributed by atoms with Crippen LogP contribution in [0.5, 0.6) is 0 Å². The second-order valence-electron chi connectivity index (χ2n) is 7.09. The van der Waals surface area contributed by atoms with E-state index in [4.69, 9.17) is 13.9 Å². The van der Waals surface area contributed by atoms with Crippen molar-refractivity contribution in [1.29, 1.82) is 0 Å². The van der Waals surface area contributed by atoms with Crippen molar-refractivity contribution in [3.05, 3.63) is 54.0 Å². The summed E-state index contributed by atoms with van der Waals surface area (Å²) in [5.74, 6) is -0.547. The molecule has 0 unspecified atom stereocenters. The van der Waals surface area contributed by atoms with Crippen LogP contribution in [0.4, 0.5) is 10.5 Å². The van der Waals surface area contributed by atoms with Gasteiger partial charge in [0.25, 0.3) is 5.91 Å². The second kappa shape index (κ2) is 9.07. The molecule has 0 aliphatic carbocycles. The fraction of sp³-hybridized carbons (Fsp3) is 0.350. The molecule has 0 fully saturated rings. The van der Waals surface area contributed by atoms with Crippen LogP contribution in [-0.2, 0) is 14.3 Å². The summed E-state index contributed by atoms with van der Waals surface area (Å²) in [5.41, 5.74) is -0.0686. The molecule has 1 aromatic heterocycles. The van der Waals surface area contributed by atoms with E-state index in [-0.39, 0.29) is 11.6 Å². The molecule has 0 aliphatic heterocycles. The molecule has 150 valence electrons. The van der Waals surface area contributed by atoms with E-state index >= 15 is 0 Å². The van der Waals surface area contributed by atoms with Crippen LogP contribution in [0.3, 0.4) is 0 Å². The van der Waals surface area contributed by atoms with Gasteiger partial charge in [-0.1, -0.05) is 6.07 Å². The molecule has 28 heavy (non-hydrogen) atoms. The zero-order chi connectivity index (χ0) is 20.7. The van der Waals surface area contributed by atoms with Crippen LogP contribution in [0.1, 0.15) is 49.9 Å². The van der Waals surface area contributed by atoms with Crippen LogP contribution in [0.2, 0.25) is 0 Å². The smallest absolute Gasteiger partial charge is 0.412 e. The number of carbonyl (C=O) groups excluding carboxylic acids is 3. The summed E-state index contributed by atoms with van der Waals surface area (Å²) >= 11 is 0. The van der Waals surface area contributed by atoms with Crippen molar-refractivity contribution in [2.24, 2.45) is 0 Å². The van der Waals surface area contributed by atoms with Gasteiger partial charge in [0.15, 0.2) is 6.61 Å². The molecule has 1 aromatic carbocycles. The maximum atomic E-state index is 12.2. The number of anilines is 1. The van der Waals surface area contributed by atoms with E-state index in [1.807, 2.05) is 0 Å². The summed E-state index contributed by atoms with van der Waals surface area (Å²) in [6.07, 6.45) is 0.875. The molecule has 2 amide bonds. The van der Waals surface area contributed by atoms with Gasteiger partial charge in [0, 0.05) is 5.69 Å². The van der Waals surface area contributed by atoms with Crippen molar-refractivity contribution in [3.63, 3.8) is 0 Å². The zero-order valence-corrected chi connectivity index (χ0v) is 16.3. The van der Waals surface area contributed by atoms with Gasteiger partial charge in [-0.3, -0.25) is 10.1 Å². The Kier molecular flexibility index (Phi) is 6.81. The first-order chi connectivity index (χ1) is 13.1. The highest BCUT2D eigenvalue weighted by molar-refractivity contribution is 5.93. The predicted molar refractivity (Wildman–Crippen MR) is 102 cm³/mol. The van der Waals surface area contributed by atoms with Crippen LogP contribution in [-0.4, -0.2) is 30.2 Å². The molecule has 0 spiro atoms. The molecule has 8 heteroatoms. The molecule has 8 nitrogen and oxygen atoms in total. The lowest BCUT2D eigenvalue weighted by molar-refractivity contribution is -0.125. The first kappa shape index (κ1) is 21.0. The van der Waals surface area contributed by atoms with E-state index in [0.717, 1.165) is 0 Å². The number of esters is 1. The Hall–Kier alpha value is -3.29. The normalized spacial score (nSPS) is 12.0. The van der Waals surface area contributed by atoms with Gasteiger partial charge in [0.05, 0.1) is 17.9 Å². The summed E-state index contributed by atoms with van der Waals surface area (Å²) in [6.45, 7) is 6.56. The van der Waals surface area contributed by atoms with Gasteiger partial charge in [-0.05, 0) is 58.0 Å². The van der Waals surface area contributed by atoms with E-state index in [2.05, 4.69) is 10.6 Å². The van der Waals surface area contributed by atoms with E-state index in [0.29, 0.717) is 11.4 Å². The highest BCUT2D eigenvalue weighted by atomic mass is 16.6. The van der Waals surface area contributed by atoms with Gasteiger partial charge in [0.1, 0.15) is 11.4 Å². The Bertz CT molecular complexity index is 823. The molecule has 0 aliphatic rings. The molecule has 0 radical (unpaired) electrons. The number of carbonyl (C=O) groups is 3. The van der Waals surface area contributed by atoms with Gasteiger partial charge in [-0.25, -0.2) is 9.59 Å². The molecule has 2 N–H and O–H groups in total. The van der Waals surface area contributed by atoms with Gasteiger partial charge >= 0.3 is 12.1 Å². The number of furan rings is 1. The predicted octanol–water partition coefficient (Wildman–Crippen LogP) is 3.66. The minimum absolute atomic E-state index is 0.195. The Balaban J connectivity index is 1.86. The minimum Gasteiger partial charge on any atom is -0.467 e. The number of hydrogen-bond donors (Lipinski definition) is 2. The Morgan fingerprint density at radius 2 is 1.89 bits per heavy atom. The van der Waals surface area contributed by atoms with Crippen molar-refractivity contribution >= 4 is 23.7 Å². The van der Waals surface area contributed by atoms with Crippen LogP contribution in [0.15, 0.2) is 47.1 Å². The van der Waals surface area contributed by atoms with E-state index in [1.165, 1.54) is 18.4 Å². The lowest BCUT2D eigenvalue weighted by Gasteiger charge is -2.19. The Morgan fingerprint density at radius 1 is 1.14 bits per heavy atom. The average molecular weight is 388 g/mol. The molecule has 0 saturated carbocycles. The summed E-state index contributed by atoms with van der Waals surface area (Å²) in [7, 11) is 0. The van der Waals surface area contributed by atoms with Crippen LogP contribution in [0, 0.1) is 0 Å². The molecule has 1 heterocycles. The standard InChI is InChI=1S/C20H24N2O6/c1-13(16-9-6-10-26-16)21-17(23)12-27-18(24)14-7-5-8-15(11-14)22-19(25)28-20(2,3)4/h5-11,13H,12H2,1-4H3,(H,21,23)(H,22,25)/t13-/m0/s1. The third-order valence-corrected chi connectivity index (χ3v) is 3.43. The molecule has 1 atom stereocenters. The molecular weight excluding hydrogens is 364 g/mol. The fourth-order valence-electron chi connectivity index (χ4n) is 2.25. The number of rotatable bonds is 6. The van der Waals surface area contributed by atoms with Gasteiger partial charge in [-0.15, -0.1) is 0 Å². The Labute approximate surface area is 163 Å². The lowest BCUT2D eigenvalue weighted by Crippen LogP contribution is -2.31. The van der Waals surface area contributed by atoms with Crippen molar-refractivity contribution in [1.82, 2.24) is 5.32 Å². The molecule has 0 bridgehead atoms. The average Bonchev–Trinajstić information content (AvgIpc) is 3.13. The van der Waals surface area contributed by atoms with Crippen molar-refractivity contribution in [2.75, 3.05) is 11.9 Å². The molecular formula is C20H24N2O6. The third kappa shape index (κ3) is 6.79. The summed E-state index contributed by atoms with van der Waals surface area (Å²) in [5, 5.41) is 5.21. The van der Waals surface area contributed by atoms with Crippen LogP contribution in [0.25, 0.3) is 0 Å². The number of nitrogens with one attached hydrogen (secondary N) is 2. The molecule has 2 aromatic rings.